The summed E-state index contributed by atoms with van der Waals surface area (Å²) >= 11 is 0. The molecule has 2 rings (SSSR count). The van der Waals surface area contributed by atoms with Crippen LogP contribution in [0.1, 0.15) is 32.6 Å². The number of carbonyl (C=O) groups is 1. The van der Waals surface area contributed by atoms with Crippen molar-refractivity contribution in [2.24, 2.45) is 0 Å². The highest BCUT2D eigenvalue weighted by molar-refractivity contribution is 5.81. The van der Waals surface area contributed by atoms with Gasteiger partial charge in [-0.15, -0.1) is 0 Å². The number of aromatic nitrogens is 4. The average Bonchev–Trinajstić information content (AvgIpc) is 2.95. The van der Waals surface area contributed by atoms with E-state index in [1.165, 1.54) is 7.11 Å². The van der Waals surface area contributed by atoms with E-state index in [0.29, 0.717) is 30.9 Å². The number of imidazole rings is 1. The summed E-state index contributed by atoms with van der Waals surface area (Å²) in [6, 6.07) is 0.180. The zero-order valence-electron chi connectivity index (χ0n) is 16.2. The molecule has 2 aromatic heterocycles. The van der Waals surface area contributed by atoms with Crippen molar-refractivity contribution in [1.29, 1.82) is 0 Å². The number of unbranched alkanes of at least 4 members (excludes halogenated alkanes) is 2. The minimum Gasteiger partial charge on any atom is -0.468 e. The molecule has 0 amide bonds. The van der Waals surface area contributed by atoms with Gasteiger partial charge in [0.25, 0.3) is 0 Å². The van der Waals surface area contributed by atoms with Gasteiger partial charge in [-0.2, -0.15) is 9.97 Å². The summed E-state index contributed by atoms with van der Waals surface area (Å²) in [5.41, 5.74) is 6.52. The Bertz CT molecular complexity index is 816. The second-order valence-corrected chi connectivity index (χ2v) is 6.39. The largest absolute Gasteiger partial charge is 0.468 e. The lowest BCUT2D eigenvalue weighted by molar-refractivity contribution is -0.141. The molecule has 3 N–H and O–H groups in total. The fourth-order valence-corrected chi connectivity index (χ4v) is 2.63. The topological polar surface area (TPSA) is 128 Å². The van der Waals surface area contributed by atoms with E-state index < -0.39 is 0 Å². The number of hydrogen-bond acceptors (Lipinski definition) is 8. The molecule has 0 saturated carbocycles. The van der Waals surface area contributed by atoms with E-state index in [2.05, 4.69) is 26.6 Å². The molecule has 10 heteroatoms. The van der Waals surface area contributed by atoms with E-state index >= 15 is 0 Å². The monoisotopic (exact) mass is 380 g/mol. The van der Waals surface area contributed by atoms with Crippen LogP contribution in [0.5, 0.6) is 6.01 Å². The Morgan fingerprint density at radius 1 is 1.30 bits per heavy atom. The van der Waals surface area contributed by atoms with Crippen LogP contribution in [0.15, 0.2) is 4.79 Å². The number of anilines is 1. The number of hydrogen-bond donors (Lipinski definition) is 2. The number of carbonyl (C=O) groups excluding carboxylic acids is 1. The summed E-state index contributed by atoms with van der Waals surface area (Å²) in [5.74, 6) is -0.0757. The molecule has 2 aromatic rings. The molecule has 0 aliphatic rings. The van der Waals surface area contributed by atoms with E-state index in [9.17, 15) is 9.59 Å². The highest BCUT2D eigenvalue weighted by atomic mass is 16.5. The SMILES string of the molecule is CCCCOc1nc(N)c2[nH]c(=O)n(CCCCN(C)CC(=O)OC)c2n1. The van der Waals surface area contributed by atoms with Crippen molar-refractivity contribution < 1.29 is 14.3 Å². The molecule has 27 heavy (non-hydrogen) atoms. The van der Waals surface area contributed by atoms with E-state index in [-0.39, 0.29) is 30.0 Å². The number of aryl methyl sites for hydroxylation is 1. The second kappa shape index (κ2) is 9.91. The lowest BCUT2D eigenvalue weighted by Gasteiger charge is -2.14. The summed E-state index contributed by atoms with van der Waals surface area (Å²) in [6.07, 6.45) is 3.44. The van der Waals surface area contributed by atoms with Crippen molar-refractivity contribution in [3.8, 4) is 6.01 Å². The smallest absolute Gasteiger partial charge is 0.327 e. The first kappa shape index (κ1) is 20.7. The quantitative estimate of drug-likeness (QED) is 0.432. The number of nitrogens with zero attached hydrogens (tertiary/aromatic N) is 4. The van der Waals surface area contributed by atoms with E-state index in [1.54, 1.807) is 4.57 Å². The van der Waals surface area contributed by atoms with Crippen molar-refractivity contribution in [3.05, 3.63) is 10.5 Å². The van der Waals surface area contributed by atoms with Crippen molar-refractivity contribution in [3.63, 3.8) is 0 Å². The van der Waals surface area contributed by atoms with Gasteiger partial charge in [0.05, 0.1) is 20.3 Å². The van der Waals surface area contributed by atoms with Crippen LogP contribution in [0, 0.1) is 0 Å². The summed E-state index contributed by atoms with van der Waals surface area (Å²) < 4.78 is 11.7. The molecule has 0 aliphatic heterocycles. The lowest BCUT2D eigenvalue weighted by Crippen LogP contribution is -2.28. The Labute approximate surface area is 157 Å². The highest BCUT2D eigenvalue weighted by Crippen LogP contribution is 2.18. The number of likely N-dealkylation sites (N-methyl/N-ethyl adjacent to an activating group) is 1. The average molecular weight is 380 g/mol. The van der Waals surface area contributed by atoms with Crippen LogP contribution in [-0.2, 0) is 16.1 Å². The fraction of sp³-hybridized carbons (Fsp3) is 0.647. The van der Waals surface area contributed by atoms with Crippen molar-refractivity contribution in [2.75, 3.05) is 39.6 Å². The third-order valence-electron chi connectivity index (χ3n) is 4.16. The molecule has 0 aromatic carbocycles. The summed E-state index contributed by atoms with van der Waals surface area (Å²) in [5, 5.41) is 0. The molecule has 0 atom stereocenters. The first-order valence-corrected chi connectivity index (χ1v) is 9.10. The van der Waals surface area contributed by atoms with Gasteiger partial charge >= 0.3 is 17.7 Å². The maximum absolute atomic E-state index is 12.2. The Hall–Kier alpha value is -2.62. The van der Waals surface area contributed by atoms with E-state index in [0.717, 1.165) is 25.7 Å². The number of methoxy groups -OCH3 is 1. The number of nitrogens with two attached hydrogens (primary N) is 1. The Morgan fingerprint density at radius 3 is 2.78 bits per heavy atom. The predicted molar refractivity (Wildman–Crippen MR) is 102 cm³/mol. The lowest BCUT2D eigenvalue weighted by atomic mass is 10.3. The molecular formula is C17H28N6O4. The van der Waals surface area contributed by atoms with Crippen LogP contribution in [0.4, 0.5) is 5.82 Å². The van der Waals surface area contributed by atoms with Crippen molar-refractivity contribution >= 4 is 23.0 Å². The number of H-pyrrole nitrogens is 1. The van der Waals surface area contributed by atoms with Gasteiger partial charge in [0.15, 0.2) is 11.5 Å². The minimum absolute atomic E-state index is 0.180. The number of nitrogens with one attached hydrogen (secondary N) is 1. The number of aromatic amines is 1. The molecular weight excluding hydrogens is 352 g/mol. The molecule has 0 spiro atoms. The van der Waals surface area contributed by atoms with E-state index in [1.807, 2.05) is 11.9 Å². The van der Waals surface area contributed by atoms with Gasteiger partial charge in [0.1, 0.15) is 5.52 Å². The third kappa shape index (κ3) is 5.68. The van der Waals surface area contributed by atoms with Gasteiger partial charge in [-0.25, -0.2) is 4.79 Å². The number of fused-ring (bicyclic) bond motifs is 1. The van der Waals surface area contributed by atoms with Gasteiger partial charge in [-0.1, -0.05) is 13.3 Å². The second-order valence-electron chi connectivity index (χ2n) is 6.39. The van der Waals surface area contributed by atoms with Crippen LogP contribution < -0.4 is 16.2 Å². The summed E-state index contributed by atoms with van der Waals surface area (Å²) in [7, 11) is 3.22. The first-order valence-electron chi connectivity index (χ1n) is 9.10. The Balaban J connectivity index is 2.01. The molecule has 2 heterocycles. The van der Waals surface area contributed by atoms with Crippen LogP contribution in [0.25, 0.3) is 11.2 Å². The van der Waals surface area contributed by atoms with Gasteiger partial charge < -0.3 is 20.2 Å². The number of rotatable bonds is 11. The zero-order chi connectivity index (χ0) is 19.8. The summed E-state index contributed by atoms with van der Waals surface area (Å²) in [4.78, 5) is 36.5. The Morgan fingerprint density at radius 2 is 2.07 bits per heavy atom. The molecule has 150 valence electrons. The highest BCUT2D eigenvalue weighted by Gasteiger charge is 2.14. The minimum atomic E-state index is -0.278. The van der Waals surface area contributed by atoms with Crippen LogP contribution >= 0.6 is 0 Å². The summed E-state index contributed by atoms with van der Waals surface area (Å²) in [6.45, 7) is 4.01. The predicted octanol–water partition coefficient (Wildman–Crippen LogP) is 0.766. The molecule has 0 unspecified atom stereocenters. The number of ether oxygens (including phenoxy) is 2. The van der Waals surface area contributed by atoms with Gasteiger partial charge in [-0.3, -0.25) is 14.3 Å². The van der Waals surface area contributed by atoms with Crippen molar-refractivity contribution in [2.45, 2.75) is 39.2 Å². The normalized spacial score (nSPS) is 11.3. The van der Waals surface area contributed by atoms with E-state index in [4.69, 9.17) is 10.5 Å². The van der Waals surface area contributed by atoms with Crippen LogP contribution in [0.2, 0.25) is 0 Å². The maximum atomic E-state index is 12.2. The van der Waals surface area contributed by atoms with Crippen LogP contribution in [-0.4, -0.2) is 64.2 Å². The molecule has 0 bridgehead atoms. The van der Waals surface area contributed by atoms with Crippen molar-refractivity contribution in [1.82, 2.24) is 24.4 Å². The number of esters is 1. The van der Waals surface area contributed by atoms with Gasteiger partial charge in [0.2, 0.25) is 0 Å². The maximum Gasteiger partial charge on any atom is 0.327 e. The standard InChI is InChI=1S/C17H28N6O4/c1-4-5-10-27-16-20-14(18)13-15(21-16)23(17(25)19-13)9-7-6-8-22(2)11-12(24)26-3/h4-11H2,1-3H3,(H,19,25)(H2,18,20,21). The molecule has 0 radical (unpaired) electrons. The molecule has 0 fully saturated rings. The first-order chi connectivity index (χ1) is 13.0. The molecule has 0 aliphatic carbocycles. The van der Waals surface area contributed by atoms with Gasteiger partial charge in [-0.05, 0) is 32.9 Å². The molecule has 10 nitrogen and oxygen atoms in total. The van der Waals surface area contributed by atoms with Crippen LogP contribution in [0.3, 0.4) is 0 Å². The van der Waals surface area contributed by atoms with Gasteiger partial charge in [0, 0.05) is 6.54 Å². The fourth-order valence-electron chi connectivity index (χ4n) is 2.63. The third-order valence-corrected chi connectivity index (χ3v) is 4.16. The Kier molecular flexibility index (Phi) is 7.59. The number of nitrogen functional groups attached to an aromatic ring is 1. The molecule has 0 saturated heterocycles. The zero-order valence-corrected chi connectivity index (χ0v) is 16.2.